The lowest BCUT2D eigenvalue weighted by Gasteiger charge is -2.26. The van der Waals surface area contributed by atoms with E-state index in [4.69, 9.17) is 26.1 Å². The molecule has 1 aromatic heterocycles. The van der Waals surface area contributed by atoms with Gasteiger partial charge in [-0.05, 0) is 63.2 Å². The summed E-state index contributed by atoms with van der Waals surface area (Å²) in [5.74, 6) is 0.809. The van der Waals surface area contributed by atoms with Crippen molar-refractivity contribution in [1.82, 2.24) is 14.5 Å². The molecule has 1 aliphatic heterocycles. The zero-order valence-corrected chi connectivity index (χ0v) is 22.0. The fourth-order valence-corrected chi connectivity index (χ4v) is 4.26. The van der Waals surface area contributed by atoms with Crippen molar-refractivity contribution in [3.63, 3.8) is 0 Å². The van der Waals surface area contributed by atoms with Gasteiger partial charge in [0.25, 0.3) is 5.91 Å². The van der Waals surface area contributed by atoms with Crippen LogP contribution in [-0.2, 0) is 4.79 Å². The molecule has 0 unspecified atom stereocenters. The van der Waals surface area contributed by atoms with Crippen LogP contribution in [0.15, 0.2) is 72.9 Å². The summed E-state index contributed by atoms with van der Waals surface area (Å²) in [5.41, 5.74) is 3.91. The Kier molecular flexibility index (Phi) is 7.07. The molecule has 0 saturated heterocycles. The van der Waals surface area contributed by atoms with Gasteiger partial charge >= 0.3 is 0 Å². The van der Waals surface area contributed by atoms with Crippen LogP contribution in [0.2, 0.25) is 5.02 Å². The zero-order valence-electron chi connectivity index (χ0n) is 21.3. The van der Waals surface area contributed by atoms with Crippen LogP contribution in [0.1, 0.15) is 29.8 Å². The number of fused-ring (bicyclic) bond motifs is 1. The van der Waals surface area contributed by atoms with E-state index >= 15 is 0 Å². The number of amides is 2. The second-order valence-electron chi connectivity index (χ2n) is 9.31. The largest absolute Gasteiger partial charge is 0.454 e. The molecule has 0 saturated carbocycles. The SMILES string of the molecule is Cc1ccc(-n2cc(-c3ccc(Cl)cc3)nc2NC(=O)CN(C(=O)c2ccc3c(c2)OCO3)C(C)C)cc1. The highest BCUT2D eigenvalue weighted by Crippen LogP contribution is 2.33. The van der Waals surface area contributed by atoms with E-state index in [0.29, 0.717) is 33.7 Å². The number of nitrogens with zero attached hydrogens (tertiary/aromatic N) is 3. The molecule has 4 aromatic rings. The van der Waals surface area contributed by atoms with Gasteiger partial charge in [0.15, 0.2) is 11.5 Å². The number of carbonyl (C=O) groups excluding carboxylic acids is 2. The number of imidazole rings is 1. The molecule has 0 bridgehead atoms. The van der Waals surface area contributed by atoms with Gasteiger partial charge in [-0.3, -0.25) is 19.5 Å². The molecule has 2 amide bonds. The normalized spacial score (nSPS) is 12.0. The first-order valence-corrected chi connectivity index (χ1v) is 12.6. The second-order valence-corrected chi connectivity index (χ2v) is 9.74. The van der Waals surface area contributed by atoms with Crippen LogP contribution in [0.3, 0.4) is 0 Å². The zero-order chi connectivity index (χ0) is 26.8. The fourth-order valence-electron chi connectivity index (χ4n) is 4.13. The Bertz CT molecular complexity index is 1480. The van der Waals surface area contributed by atoms with E-state index in [-0.39, 0.29) is 31.2 Å². The highest BCUT2D eigenvalue weighted by Gasteiger charge is 2.25. The number of hydrogen-bond acceptors (Lipinski definition) is 5. The smallest absolute Gasteiger partial charge is 0.254 e. The predicted molar refractivity (Wildman–Crippen MR) is 146 cm³/mol. The van der Waals surface area contributed by atoms with Crippen molar-refractivity contribution in [3.05, 3.63) is 89.1 Å². The van der Waals surface area contributed by atoms with Crippen molar-refractivity contribution in [2.75, 3.05) is 18.7 Å². The van der Waals surface area contributed by atoms with Crippen LogP contribution >= 0.6 is 11.6 Å². The molecule has 0 spiro atoms. The Labute approximate surface area is 225 Å². The van der Waals surface area contributed by atoms with E-state index in [9.17, 15) is 9.59 Å². The summed E-state index contributed by atoms with van der Waals surface area (Å²) in [6, 6.07) is 20.0. The number of aromatic nitrogens is 2. The van der Waals surface area contributed by atoms with E-state index in [1.807, 2.05) is 67.9 Å². The molecule has 1 N–H and O–H groups in total. The lowest BCUT2D eigenvalue weighted by atomic mass is 10.1. The summed E-state index contributed by atoms with van der Waals surface area (Å²) < 4.78 is 12.6. The van der Waals surface area contributed by atoms with Gasteiger partial charge in [-0.1, -0.05) is 41.4 Å². The van der Waals surface area contributed by atoms with Gasteiger partial charge < -0.3 is 14.4 Å². The van der Waals surface area contributed by atoms with Gasteiger partial charge in [0, 0.05) is 34.1 Å². The second kappa shape index (κ2) is 10.6. The van der Waals surface area contributed by atoms with Gasteiger partial charge in [-0.2, -0.15) is 0 Å². The molecule has 3 aromatic carbocycles. The van der Waals surface area contributed by atoms with Crippen LogP contribution in [0, 0.1) is 6.92 Å². The van der Waals surface area contributed by atoms with Gasteiger partial charge in [0.2, 0.25) is 18.6 Å². The maximum atomic E-state index is 13.3. The third-order valence-corrected chi connectivity index (χ3v) is 6.48. The van der Waals surface area contributed by atoms with Crippen molar-refractivity contribution in [3.8, 4) is 28.4 Å². The first-order chi connectivity index (χ1) is 18.3. The molecule has 9 heteroatoms. The maximum absolute atomic E-state index is 13.3. The average molecular weight is 531 g/mol. The third kappa shape index (κ3) is 5.35. The lowest BCUT2D eigenvalue weighted by Crippen LogP contribution is -2.42. The van der Waals surface area contributed by atoms with Crippen LogP contribution in [-0.4, -0.2) is 45.6 Å². The first-order valence-electron chi connectivity index (χ1n) is 12.2. The van der Waals surface area contributed by atoms with E-state index in [1.54, 1.807) is 30.3 Å². The van der Waals surface area contributed by atoms with Crippen LogP contribution in [0.25, 0.3) is 16.9 Å². The number of hydrogen-bond donors (Lipinski definition) is 1. The van der Waals surface area contributed by atoms with Crippen molar-refractivity contribution < 1.29 is 19.1 Å². The molecule has 0 aliphatic carbocycles. The van der Waals surface area contributed by atoms with Gasteiger partial charge in [0.05, 0.1) is 5.69 Å². The summed E-state index contributed by atoms with van der Waals surface area (Å²) in [5, 5.41) is 3.53. The number of nitrogens with one attached hydrogen (secondary N) is 1. The van der Waals surface area contributed by atoms with Crippen molar-refractivity contribution >= 4 is 29.4 Å². The number of aryl methyl sites for hydroxylation is 1. The summed E-state index contributed by atoms with van der Waals surface area (Å²) >= 11 is 6.06. The van der Waals surface area contributed by atoms with Crippen molar-refractivity contribution in [2.24, 2.45) is 0 Å². The number of halogens is 1. The minimum absolute atomic E-state index is 0.120. The van der Waals surface area contributed by atoms with Gasteiger partial charge in [-0.25, -0.2) is 4.98 Å². The van der Waals surface area contributed by atoms with Gasteiger partial charge in [0.1, 0.15) is 6.54 Å². The topological polar surface area (TPSA) is 85.7 Å². The number of benzene rings is 3. The Balaban J connectivity index is 1.40. The van der Waals surface area contributed by atoms with E-state index in [2.05, 4.69) is 5.32 Å². The first kappa shape index (κ1) is 25.4. The maximum Gasteiger partial charge on any atom is 0.254 e. The van der Waals surface area contributed by atoms with Crippen LogP contribution in [0.4, 0.5) is 5.95 Å². The predicted octanol–water partition coefficient (Wildman–Crippen LogP) is 5.72. The van der Waals surface area contributed by atoms with E-state index in [0.717, 1.165) is 16.8 Å². The Morgan fingerprint density at radius 1 is 1.03 bits per heavy atom. The molecule has 1 aliphatic rings. The van der Waals surface area contributed by atoms with Crippen molar-refractivity contribution in [1.29, 1.82) is 0 Å². The molecular formula is C29H27ClN4O4. The number of ether oxygens (including phenoxy) is 2. The highest BCUT2D eigenvalue weighted by atomic mass is 35.5. The summed E-state index contributed by atoms with van der Waals surface area (Å²) in [6.07, 6.45) is 1.86. The van der Waals surface area contributed by atoms with Crippen molar-refractivity contribution in [2.45, 2.75) is 26.8 Å². The average Bonchev–Trinajstić information content (AvgIpc) is 3.54. The summed E-state index contributed by atoms with van der Waals surface area (Å²) in [6.45, 7) is 5.71. The molecule has 0 atom stereocenters. The summed E-state index contributed by atoms with van der Waals surface area (Å²) in [4.78, 5) is 32.8. The molecule has 0 fully saturated rings. The van der Waals surface area contributed by atoms with Gasteiger partial charge in [-0.15, -0.1) is 0 Å². The monoisotopic (exact) mass is 530 g/mol. The van der Waals surface area contributed by atoms with Crippen LogP contribution in [0.5, 0.6) is 11.5 Å². The molecule has 5 rings (SSSR count). The minimum Gasteiger partial charge on any atom is -0.454 e. The molecule has 0 radical (unpaired) electrons. The standard InChI is InChI=1S/C29H27ClN4O4/c1-18(2)33(28(36)21-8-13-25-26(14-21)38-17-37-25)16-27(35)32-29-31-24(20-6-9-22(30)10-7-20)15-34(29)23-11-4-19(3)5-12-23/h4-15,18H,16-17H2,1-3H3,(H,31,32,35). The molecular weight excluding hydrogens is 504 g/mol. The fraction of sp³-hybridized carbons (Fsp3) is 0.207. The van der Waals surface area contributed by atoms with E-state index in [1.165, 1.54) is 4.90 Å². The molecule has 2 heterocycles. The Hall–Kier alpha value is -4.30. The molecule has 38 heavy (non-hydrogen) atoms. The third-order valence-electron chi connectivity index (χ3n) is 6.23. The Morgan fingerprint density at radius 2 is 1.74 bits per heavy atom. The molecule has 8 nitrogen and oxygen atoms in total. The quantitative estimate of drug-likeness (QED) is 0.330. The summed E-state index contributed by atoms with van der Waals surface area (Å²) in [7, 11) is 0. The highest BCUT2D eigenvalue weighted by molar-refractivity contribution is 6.30. The molecule has 194 valence electrons. The number of anilines is 1. The lowest BCUT2D eigenvalue weighted by molar-refractivity contribution is -0.117. The number of carbonyl (C=O) groups is 2. The van der Waals surface area contributed by atoms with Crippen LogP contribution < -0.4 is 14.8 Å². The Morgan fingerprint density at radius 3 is 2.45 bits per heavy atom. The van der Waals surface area contributed by atoms with E-state index < -0.39 is 0 Å². The minimum atomic E-state index is -0.366. The number of rotatable bonds is 7.